The highest BCUT2D eigenvalue weighted by molar-refractivity contribution is 7.99. The van der Waals surface area contributed by atoms with Crippen LogP contribution in [0.3, 0.4) is 0 Å². The van der Waals surface area contributed by atoms with Gasteiger partial charge < -0.3 is 11.5 Å². The van der Waals surface area contributed by atoms with Crippen molar-refractivity contribution in [2.24, 2.45) is 0 Å². The topological polar surface area (TPSA) is 52.0 Å². The zero-order valence-corrected chi connectivity index (χ0v) is 12.3. The maximum absolute atomic E-state index is 5.82. The molecule has 0 unspecified atom stereocenters. The highest BCUT2D eigenvalue weighted by Gasteiger charge is 2.01. The van der Waals surface area contributed by atoms with Crippen LogP contribution in [0.15, 0.2) is 82.6 Å². The molecule has 0 amide bonds. The van der Waals surface area contributed by atoms with Crippen molar-refractivity contribution in [3.8, 4) is 11.1 Å². The van der Waals surface area contributed by atoms with Crippen LogP contribution in [0.25, 0.3) is 11.1 Å². The first-order valence-corrected chi connectivity index (χ1v) is 7.52. The van der Waals surface area contributed by atoms with Crippen LogP contribution in [0.5, 0.6) is 0 Å². The SMILES string of the molecule is Nc1cc(N)cc(Sc2ccc(-c3ccccc3)cc2)c1. The van der Waals surface area contributed by atoms with Crippen LogP contribution in [0.2, 0.25) is 0 Å². The molecule has 0 atom stereocenters. The van der Waals surface area contributed by atoms with E-state index in [-0.39, 0.29) is 0 Å². The van der Waals surface area contributed by atoms with E-state index in [0.29, 0.717) is 11.4 Å². The van der Waals surface area contributed by atoms with E-state index in [9.17, 15) is 0 Å². The third kappa shape index (κ3) is 3.38. The van der Waals surface area contributed by atoms with Crippen molar-refractivity contribution in [2.75, 3.05) is 11.5 Å². The lowest BCUT2D eigenvalue weighted by Crippen LogP contribution is -1.90. The molecule has 0 spiro atoms. The van der Waals surface area contributed by atoms with Crippen molar-refractivity contribution in [1.29, 1.82) is 0 Å². The quantitative estimate of drug-likeness (QED) is 0.690. The Hall–Kier alpha value is -2.39. The third-order valence-corrected chi connectivity index (χ3v) is 4.13. The molecule has 0 aliphatic rings. The highest BCUT2D eigenvalue weighted by atomic mass is 32.2. The minimum absolute atomic E-state index is 0.693. The van der Waals surface area contributed by atoms with Crippen molar-refractivity contribution in [3.63, 3.8) is 0 Å². The van der Waals surface area contributed by atoms with Crippen LogP contribution in [0.1, 0.15) is 0 Å². The van der Waals surface area contributed by atoms with Gasteiger partial charge in [-0.2, -0.15) is 0 Å². The summed E-state index contributed by atoms with van der Waals surface area (Å²) in [7, 11) is 0. The Kier molecular flexibility index (Phi) is 3.84. The van der Waals surface area contributed by atoms with Crippen LogP contribution in [0, 0.1) is 0 Å². The molecule has 0 radical (unpaired) electrons. The Morgan fingerprint density at radius 1 is 0.571 bits per heavy atom. The predicted octanol–water partition coefficient (Wildman–Crippen LogP) is 4.67. The summed E-state index contributed by atoms with van der Waals surface area (Å²) in [5, 5.41) is 0. The van der Waals surface area contributed by atoms with Crippen molar-refractivity contribution in [1.82, 2.24) is 0 Å². The van der Waals surface area contributed by atoms with Crippen LogP contribution in [0.4, 0.5) is 11.4 Å². The first kappa shape index (κ1) is 13.6. The Labute approximate surface area is 128 Å². The fourth-order valence-corrected chi connectivity index (χ4v) is 3.12. The van der Waals surface area contributed by atoms with E-state index in [1.165, 1.54) is 16.0 Å². The van der Waals surface area contributed by atoms with Gasteiger partial charge in [-0.15, -0.1) is 0 Å². The van der Waals surface area contributed by atoms with Gasteiger partial charge in [-0.1, -0.05) is 54.2 Å². The van der Waals surface area contributed by atoms with Gasteiger partial charge in [0.25, 0.3) is 0 Å². The predicted molar refractivity (Wildman–Crippen MR) is 91.3 cm³/mol. The number of rotatable bonds is 3. The summed E-state index contributed by atoms with van der Waals surface area (Å²) < 4.78 is 0. The van der Waals surface area contributed by atoms with Crippen molar-refractivity contribution in [2.45, 2.75) is 9.79 Å². The molecule has 2 nitrogen and oxygen atoms in total. The van der Waals surface area contributed by atoms with Crippen LogP contribution >= 0.6 is 11.8 Å². The van der Waals surface area contributed by atoms with E-state index in [2.05, 4.69) is 36.4 Å². The summed E-state index contributed by atoms with van der Waals surface area (Å²) >= 11 is 1.66. The van der Waals surface area contributed by atoms with Crippen molar-refractivity contribution < 1.29 is 0 Å². The van der Waals surface area contributed by atoms with Crippen LogP contribution < -0.4 is 11.5 Å². The maximum atomic E-state index is 5.82. The number of nitrogen functional groups attached to an aromatic ring is 2. The van der Waals surface area contributed by atoms with Crippen molar-refractivity contribution >= 4 is 23.1 Å². The molecule has 104 valence electrons. The molecule has 0 saturated heterocycles. The molecule has 0 aromatic heterocycles. The van der Waals surface area contributed by atoms with Gasteiger partial charge in [0.2, 0.25) is 0 Å². The van der Waals surface area contributed by atoms with Gasteiger partial charge in [0.05, 0.1) is 0 Å². The van der Waals surface area contributed by atoms with Gasteiger partial charge in [-0.05, 0) is 41.5 Å². The standard InChI is InChI=1S/C18H16N2S/c19-15-10-16(20)12-18(11-15)21-17-8-6-14(7-9-17)13-4-2-1-3-5-13/h1-12H,19-20H2. The minimum atomic E-state index is 0.693. The first-order chi connectivity index (χ1) is 10.2. The second-order valence-corrected chi connectivity index (χ2v) is 5.97. The zero-order chi connectivity index (χ0) is 14.7. The summed E-state index contributed by atoms with van der Waals surface area (Å²) in [4.78, 5) is 2.22. The molecule has 0 saturated carbocycles. The van der Waals surface area contributed by atoms with E-state index in [4.69, 9.17) is 11.5 Å². The Bertz CT molecular complexity index is 717. The lowest BCUT2D eigenvalue weighted by molar-refractivity contribution is 1.41. The van der Waals surface area contributed by atoms with E-state index < -0.39 is 0 Å². The smallest absolute Gasteiger partial charge is 0.0346 e. The molecule has 21 heavy (non-hydrogen) atoms. The molecule has 3 aromatic carbocycles. The third-order valence-electron chi connectivity index (χ3n) is 3.15. The summed E-state index contributed by atoms with van der Waals surface area (Å²) in [6.07, 6.45) is 0. The normalized spacial score (nSPS) is 10.5. The van der Waals surface area contributed by atoms with Gasteiger partial charge in [0.1, 0.15) is 0 Å². The molecule has 0 heterocycles. The fourth-order valence-electron chi connectivity index (χ4n) is 2.19. The lowest BCUT2D eigenvalue weighted by Gasteiger charge is -2.06. The summed E-state index contributed by atoms with van der Waals surface area (Å²) in [5.74, 6) is 0. The van der Waals surface area contributed by atoms with E-state index >= 15 is 0 Å². The molecule has 4 N–H and O–H groups in total. The minimum Gasteiger partial charge on any atom is -0.399 e. The molecular weight excluding hydrogens is 276 g/mol. The second-order valence-electron chi connectivity index (χ2n) is 4.83. The van der Waals surface area contributed by atoms with Gasteiger partial charge in [-0.25, -0.2) is 0 Å². The molecule has 0 bridgehead atoms. The van der Waals surface area contributed by atoms with E-state index in [1.54, 1.807) is 17.8 Å². The molecular formula is C18H16N2S. The Balaban J connectivity index is 1.81. The maximum Gasteiger partial charge on any atom is 0.0346 e. The van der Waals surface area contributed by atoms with Gasteiger partial charge >= 0.3 is 0 Å². The molecule has 0 aliphatic carbocycles. The average molecular weight is 292 g/mol. The Morgan fingerprint density at radius 3 is 1.76 bits per heavy atom. The molecule has 3 rings (SSSR count). The summed E-state index contributed by atoms with van der Waals surface area (Å²) in [6.45, 7) is 0. The molecule has 0 fully saturated rings. The highest BCUT2D eigenvalue weighted by Crippen LogP contribution is 2.32. The molecule has 3 aromatic rings. The van der Waals surface area contributed by atoms with E-state index in [0.717, 1.165) is 4.90 Å². The number of anilines is 2. The van der Waals surface area contributed by atoms with Crippen LogP contribution in [-0.4, -0.2) is 0 Å². The average Bonchev–Trinajstić information content (AvgIpc) is 2.48. The number of hydrogen-bond donors (Lipinski definition) is 2. The number of nitrogens with two attached hydrogens (primary N) is 2. The number of benzene rings is 3. The molecule has 3 heteroatoms. The fraction of sp³-hybridized carbons (Fsp3) is 0. The zero-order valence-electron chi connectivity index (χ0n) is 11.5. The van der Waals surface area contributed by atoms with Gasteiger partial charge in [0.15, 0.2) is 0 Å². The second kappa shape index (κ2) is 5.94. The van der Waals surface area contributed by atoms with Crippen molar-refractivity contribution in [3.05, 3.63) is 72.8 Å². The molecule has 0 aliphatic heterocycles. The summed E-state index contributed by atoms with van der Waals surface area (Å²) in [6, 6.07) is 24.5. The summed E-state index contributed by atoms with van der Waals surface area (Å²) in [5.41, 5.74) is 15.5. The number of hydrogen-bond acceptors (Lipinski definition) is 3. The van der Waals surface area contributed by atoms with Gasteiger partial charge in [0, 0.05) is 21.2 Å². The van der Waals surface area contributed by atoms with Crippen LogP contribution in [-0.2, 0) is 0 Å². The largest absolute Gasteiger partial charge is 0.399 e. The monoisotopic (exact) mass is 292 g/mol. The Morgan fingerprint density at radius 2 is 1.14 bits per heavy atom. The van der Waals surface area contributed by atoms with E-state index in [1.807, 2.05) is 30.3 Å². The lowest BCUT2D eigenvalue weighted by atomic mass is 10.1. The first-order valence-electron chi connectivity index (χ1n) is 6.70. The van der Waals surface area contributed by atoms with Gasteiger partial charge in [-0.3, -0.25) is 0 Å².